The number of benzene rings is 1. The van der Waals surface area contributed by atoms with Crippen LogP contribution in [0.3, 0.4) is 0 Å². The van der Waals surface area contributed by atoms with Crippen molar-refractivity contribution in [2.24, 2.45) is 0 Å². The van der Waals surface area contributed by atoms with Gasteiger partial charge in [0.1, 0.15) is 0 Å². The zero-order chi connectivity index (χ0) is 16.3. The highest BCUT2D eigenvalue weighted by Crippen LogP contribution is 2.19. The van der Waals surface area contributed by atoms with Crippen LogP contribution >= 0.6 is 11.3 Å². The maximum absolute atomic E-state index is 12.6. The van der Waals surface area contributed by atoms with Gasteiger partial charge in [-0.1, -0.05) is 6.07 Å². The summed E-state index contributed by atoms with van der Waals surface area (Å²) < 4.78 is 26.8. The number of piperazine rings is 1. The number of nitriles is 1. The molecule has 3 rings (SSSR count). The van der Waals surface area contributed by atoms with E-state index in [1.54, 1.807) is 23.5 Å². The minimum atomic E-state index is -3.47. The largest absolute Gasteiger partial charge is 0.296 e. The minimum absolute atomic E-state index is 0.253. The van der Waals surface area contributed by atoms with E-state index in [0.717, 1.165) is 19.6 Å². The van der Waals surface area contributed by atoms with Gasteiger partial charge in [0, 0.05) is 37.6 Å². The topological polar surface area (TPSA) is 64.4 Å². The van der Waals surface area contributed by atoms with E-state index in [1.807, 2.05) is 12.1 Å². The summed E-state index contributed by atoms with van der Waals surface area (Å²) in [4.78, 5) is 3.83. The van der Waals surface area contributed by atoms with E-state index in [1.165, 1.54) is 21.3 Å². The molecule has 1 aromatic heterocycles. The molecule has 1 saturated heterocycles. The molecule has 0 amide bonds. The molecule has 0 radical (unpaired) electrons. The van der Waals surface area contributed by atoms with Crippen molar-refractivity contribution in [2.75, 3.05) is 26.2 Å². The molecule has 120 valence electrons. The molecule has 1 aromatic carbocycles. The van der Waals surface area contributed by atoms with Gasteiger partial charge >= 0.3 is 0 Å². The van der Waals surface area contributed by atoms with Crippen LogP contribution in [0, 0.1) is 11.3 Å². The van der Waals surface area contributed by atoms with Gasteiger partial charge in [-0.05, 0) is 35.7 Å². The first-order chi connectivity index (χ1) is 11.1. The van der Waals surface area contributed by atoms with Crippen LogP contribution in [0.4, 0.5) is 0 Å². The standard InChI is InChI=1S/C16H17N3O2S2/c17-12-14-3-5-16(6-4-14)23(20,21)19-9-7-18(8-10-19)13-15-2-1-11-22-15/h1-6,11H,7-10,13H2. The van der Waals surface area contributed by atoms with Gasteiger partial charge in [0.05, 0.1) is 16.5 Å². The zero-order valence-corrected chi connectivity index (χ0v) is 14.2. The van der Waals surface area contributed by atoms with Crippen molar-refractivity contribution >= 4 is 21.4 Å². The maximum Gasteiger partial charge on any atom is 0.243 e. The summed E-state index contributed by atoms with van der Waals surface area (Å²) in [7, 11) is -3.47. The summed E-state index contributed by atoms with van der Waals surface area (Å²) in [6.45, 7) is 3.32. The third kappa shape index (κ3) is 3.62. The molecule has 0 saturated carbocycles. The van der Waals surface area contributed by atoms with Crippen molar-refractivity contribution in [2.45, 2.75) is 11.4 Å². The molecule has 0 atom stereocenters. The summed E-state index contributed by atoms with van der Waals surface area (Å²) in [5, 5.41) is 10.9. The molecule has 1 aliphatic heterocycles. The minimum Gasteiger partial charge on any atom is -0.296 e. The number of nitrogens with zero attached hydrogens (tertiary/aromatic N) is 3. The van der Waals surface area contributed by atoms with Gasteiger partial charge in [-0.3, -0.25) is 4.90 Å². The van der Waals surface area contributed by atoms with Crippen LogP contribution in [0.2, 0.25) is 0 Å². The number of hydrogen-bond acceptors (Lipinski definition) is 5. The smallest absolute Gasteiger partial charge is 0.243 e. The van der Waals surface area contributed by atoms with Crippen LogP contribution in [-0.2, 0) is 16.6 Å². The second-order valence-electron chi connectivity index (χ2n) is 5.40. The van der Waals surface area contributed by atoms with Crippen LogP contribution in [0.15, 0.2) is 46.7 Å². The molecule has 0 N–H and O–H groups in total. The number of rotatable bonds is 4. The van der Waals surface area contributed by atoms with Gasteiger partial charge in [0.25, 0.3) is 0 Å². The molecule has 23 heavy (non-hydrogen) atoms. The Morgan fingerprint density at radius 3 is 2.35 bits per heavy atom. The van der Waals surface area contributed by atoms with Gasteiger partial charge in [-0.15, -0.1) is 11.3 Å². The van der Waals surface area contributed by atoms with Crippen LogP contribution < -0.4 is 0 Å². The molecule has 0 bridgehead atoms. The fourth-order valence-electron chi connectivity index (χ4n) is 2.60. The lowest BCUT2D eigenvalue weighted by atomic mass is 10.2. The SMILES string of the molecule is N#Cc1ccc(S(=O)(=O)N2CCN(Cc3cccs3)CC2)cc1. The Labute approximate surface area is 140 Å². The molecule has 0 unspecified atom stereocenters. The highest BCUT2D eigenvalue weighted by molar-refractivity contribution is 7.89. The molecule has 7 heteroatoms. The van der Waals surface area contributed by atoms with Crippen LogP contribution in [-0.4, -0.2) is 43.8 Å². The number of hydrogen-bond donors (Lipinski definition) is 0. The van der Waals surface area contributed by atoms with E-state index in [-0.39, 0.29) is 4.90 Å². The Morgan fingerprint density at radius 2 is 1.78 bits per heavy atom. The lowest BCUT2D eigenvalue weighted by Crippen LogP contribution is -2.48. The van der Waals surface area contributed by atoms with E-state index < -0.39 is 10.0 Å². The fraction of sp³-hybridized carbons (Fsp3) is 0.312. The van der Waals surface area contributed by atoms with Crippen molar-refractivity contribution in [3.05, 3.63) is 52.2 Å². The molecule has 1 aliphatic rings. The summed E-state index contributed by atoms with van der Waals surface area (Å²) in [6.07, 6.45) is 0. The van der Waals surface area contributed by atoms with Crippen molar-refractivity contribution in [3.63, 3.8) is 0 Å². The van der Waals surface area contributed by atoms with Gasteiger partial charge in [-0.2, -0.15) is 9.57 Å². The molecule has 0 aliphatic carbocycles. The third-order valence-electron chi connectivity index (χ3n) is 3.91. The monoisotopic (exact) mass is 347 g/mol. The average molecular weight is 347 g/mol. The summed E-state index contributed by atoms with van der Waals surface area (Å²) in [6, 6.07) is 12.2. The number of sulfonamides is 1. The molecule has 2 heterocycles. The van der Waals surface area contributed by atoms with Crippen LogP contribution in [0.5, 0.6) is 0 Å². The predicted octanol–water partition coefficient (Wildman–Crippen LogP) is 2.13. The van der Waals surface area contributed by atoms with E-state index >= 15 is 0 Å². The molecule has 5 nitrogen and oxygen atoms in total. The second kappa shape index (κ2) is 6.81. The highest BCUT2D eigenvalue weighted by Gasteiger charge is 2.28. The first kappa shape index (κ1) is 16.1. The summed E-state index contributed by atoms with van der Waals surface area (Å²) in [5.41, 5.74) is 0.463. The Kier molecular flexibility index (Phi) is 4.78. The summed E-state index contributed by atoms with van der Waals surface area (Å²) in [5.74, 6) is 0. The average Bonchev–Trinajstić information content (AvgIpc) is 3.08. The second-order valence-corrected chi connectivity index (χ2v) is 8.37. The van der Waals surface area contributed by atoms with Crippen LogP contribution in [0.1, 0.15) is 10.4 Å². The van der Waals surface area contributed by atoms with Gasteiger partial charge in [-0.25, -0.2) is 8.42 Å². The van der Waals surface area contributed by atoms with Crippen LogP contribution in [0.25, 0.3) is 0 Å². The number of thiophene rings is 1. The van der Waals surface area contributed by atoms with E-state index in [9.17, 15) is 8.42 Å². The highest BCUT2D eigenvalue weighted by atomic mass is 32.2. The van der Waals surface area contributed by atoms with Crippen molar-refractivity contribution in [1.29, 1.82) is 5.26 Å². The van der Waals surface area contributed by atoms with Gasteiger partial charge in [0.2, 0.25) is 10.0 Å². The first-order valence-corrected chi connectivity index (χ1v) is 9.66. The lowest BCUT2D eigenvalue weighted by Gasteiger charge is -2.33. The third-order valence-corrected chi connectivity index (χ3v) is 6.69. The fourth-order valence-corrected chi connectivity index (χ4v) is 4.77. The molecular formula is C16H17N3O2S2. The van der Waals surface area contributed by atoms with E-state index in [0.29, 0.717) is 18.7 Å². The van der Waals surface area contributed by atoms with E-state index in [4.69, 9.17) is 5.26 Å². The normalized spacial score (nSPS) is 17.0. The van der Waals surface area contributed by atoms with Crippen molar-refractivity contribution < 1.29 is 8.42 Å². The molecular weight excluding hydrogens is 330 g/mol. The Bertz CT molecular complexity index is 785. The predicted molar refractivity (Wildman–Crippen MR) is 89.5 cm³/mol. The van der Waals surface area contributed by atoms with Crippen molar-refractivity contribution in [1.82, 2.24) is 9.21 Å². The first-order valence-electron chi connectivity index (χ1n) is 7.34. The Morgan fingerprint density at radius 1 is 1.09 bits per heavy atom. The van der Waals surface area contributed by atoms with Gasteiger partial charge < -0.3 is 0 Å². The molecule has 2 aromatic rings. The molecule has 0 spiro atoms. The van der Waals surface area contributed by atoms with E-state index in [2.05, 4.69) is 16.3 Å². The zero-order valence-electron chi connectivity index (χ0n) is 12.6. The Balaban J connectivity index is 1.65. The molecule has 1 fully saturated rings. The quantitative estimate of drug-likeness (QED) is 0.850. The summed E-state index contributed by atoms with van der Waals surface area (Å²) >= 11 is 1.72. The lowest BCUT2D eigenvalue weighted by molar-refractivity contribution is 0.183. The Hall–Kier alpha value is -1.72. The van der Waals surface area contributed by atoms with Crippen molar-refractivity contribution in [3.8, 4) is 6.07 Å². The maximum atomic E-state index is 12.6. The van der Waals surface area contributed by atoms with Gasteiger partial charge in [0.15, 0.2) is 0 Å².